The van der Waals surface area contributed by atoms with Crippen molar-refractivity contribution in [2.24, 2.45) is 4.99 Å². The predicted octanol–water partition coefficient (Wildman–Crippen LogP) is 4.09. The molecule has 1 saturated heterocycles. The van der Waals surface area contributed by atoms with Crippen molar-refractivity contribution in [2.45, 2.75) is 77.0 Å². The number of nitrogens with one attached hydrogen (secondary N) is 2. The molecule has 0 radical (unpaired) electrons. The van der Waals surface area contributed by atoms with E-state index in [0.717, 1.165) is 31.6 Å². The van der Waals surface area contributed by atoms with Crippen LogP contribution >= 0.6 is 24.0 Å². The van der Waals surface area contributed by atoms with Gasteiger partial charge in [0, 0.05) is 44.3 Å². The smallest absolute Gasteiger partial charge is 0.191 e. The number of halogens is 1. The minimum Gasteiger partial charge on any atom is -0.357 e. The van der Waals surface area contributed by atoms with Gasteiger partial charge in [0.25, 0.3) is 0 Å². The predicted molar refractivity (Wildman–Crippen MR) is 139 cm³/mol. The molecule has 1 aromatic carbocycles. The number of piperidine rings is 1. The van der Waals surface area contributed by atoms with E-state index in [9.17, 15) is 0 Å². The van der Waals surface area contributed by atoms with E-state index < -0.39 is 0 Å². The number of rotatable bonds is 8. The fraction of sp³-hybridized carbons (Fsp3) is 0.708. The Hall–Kier alpha value is -0.860. The Balaban J connectivity index is 0.00000320. The lowest BCUT2D eigenvalue weighted by Gasteiger charge is -2.36. The normalized spacial score (nSPS) is 20.2. The molecule has 30 heavy (non-hydrogen) atoms. The summed E-state index contributed by atoms with van der Waals surface area (Å²) in [4.78, 5) is 10.0. The van der Waals surface area contributed by atoms with Gasteiger partial charge in [0.2, 0.25) is 0 Å². The largest absolute Gasteiger partial charge is 0.357 e. The second-order valence-electron chi connectivity index (χ2n) is 8.86. The van der Waals surface area contributed by atoms with E-state index in [1.807, 2.05) is 0 Å². The highest BCUT2D eigenvalue weighted by molar-refractivity contribution is 14.0. The lowest BCUT2D eigenvalue weighted by atomic mass is 10.0. The summed E-state index contributed by atoms with van der Waals surface area (Å²) in [7, 11) is 2.19. The maximum atomic E-state index is 4.91. The zero-order valence-corrected chi connectivity index (χ0v) is 21.5. The molecule has 1 heterocycles. The number of likely N-dealkylation sites (tertiary alicyclic amines) is 1. The van der Waals surface area contributed by atoms with Gasteiger partial charge in [-0.2, -0.15) is 0 Å². The third-order valence-electron chi connectivity index (χ3n) is 6.60. The van der Waals surface area contributed by atoms with Gasteiger partial charge in [0.15, 0.2) is 5.96 Å². The summed E-state index contributed by atoms with van der Waals surface area (Å²) in [5.74, 6) is 0.978. The molecule has 1 atom stereocenters. The van der Waals surface area contributed by atoms with E-state index in [2.05, 4.69) is 71.7 Å². The standard InChI is InChI=1S/C24H41N5.HI/c1-4-25-24(26-18-20(2)28(3)19-21-10-6-5-7-11-21)27-22-14-16-29(17-15-22)23-12-8-9-13-23;/h5-7,10-11,20,22-23H,4,8-9,12-19H2,1-3H3,(H2,25,26,27);1H. The Labute approximate surface area is 201 Å². The zero-order chi connectivity index (χ0) is 20.5. The quantitative estimate of drug-likeness (QED) is 0.304. The number of guanidine groups is 1. The first-order valence-corrected chi connectivity index (χ1v) is 11.7. The van der Waals surface area contributed by atoms with Crippen LogP contribution in [0.4, 0.5) is 0 Å². The van der Waals surface area contributed by atoms with E-state index in [0.29, 0.717) is 12.1 Å². The summed E-state index contributed by atoms with van der Waals surface area (Å²) in [6.07, 6.45) is 8.13. The maximum Gasteiger partial charge on any atom is 0.191 e. The van der Waals surface area contributed by atoms with Crippen LogP contribution in [0, 0.1) is 0 Å². The summed E-state index contributed by atoms with van der Waals surface area (Å²) in [6.45, 7) is 9.54. The molecule has 0 amide bonds. The van der Waals surface area contributed by atoms with Gasteiger partial charge >= 0.3 is 0 Å². The van der Waals surface area contributed by atoms with Crippen molar-refractivity contribution < 1.29 is 0 Å². The highest BCUT2D eigenvalue weighted by Gasteiger charge is 2.27. The SMILES string of the molecule is CCNC(=NCC(C)N(C)Cc1ccccc1)NC1CCN(C2CCCC2)CC1.I. The van der Waals surface area contributed by atoms with E-state index >= 15 is 0 Å². The van der Waals surface area contributed by atoms with Gasteiger partial charge in [-0.05, 0) is 52.1 Å². The Morgan fingerprint density at radius 1 is 1.13 bits per heavy atom. The average Bonchev–Trinajstić information content (AvgIpc) is 3.28. The van der Waals surface area contributed by atoms with Gasteiger partial charge < -0.3 is 15.5 Å². The Kier molecular flexibility index (Phi) is 11.5. The van der Waals surface area contributed by atoms with E-state index in [1.54, 1.807) is 0 Å². The van der Waals surface area contributed by atoms with Gasteiger partial charge in [0.1, 0.15) is 0 Å². The number of benzene rings is 1. The Bertz CT molecular complexity index is 609. The van der Waals surface area contributed by atoms with E-state index in [4.69, 9.17) is 4.99 Å². The van der Waals surface area contributed by atoms with Crippen molar-refractivity contribution >= 4 is 29.9 Å². The Morgan fingerprint density at radius 2 is 1.80 bits per heavy atom. The van der Waals surface area contributed by atoms with E-state index in [-0.39, 0.29) is 24.0 Å². The molecule has 2 fully saturated rings. The second-order valence-corrected chi connectivity index (χ2v) is 8.86. The number of hydrogen-bond acceptors (Lipinski definition) is 3. The topological polar surface area (TPSA) is 42.9 Å². The molecule has 3 rings (SSSR count). The molecule has 6 heteroatoms. The molecule has 5 nitrogen and oxygen atoms in total. The highest BCUT2D eigenvalue weighted by atomic mass is 127. The summed E-state index contributed by atoms with van der Waals surface area (Å²) in [5.41, 5.74) is 1.35. The van der Waals surface area contributed by atoms with Crippen LogP contribution in [0.3, 0.4) is 0 Å². The Morgan fingerprint density at radius 3 is 2.43 bits per heavy atom. The van der Waals surface area contributed by atoms with Crippen LogP contribution in [-0.2, 0) is 6.54 Å². The van der Waals surface area contributed by atoms with Crippen LogP contribution in [0.15, 0.2) is 35.3 Å². The molecule has 1 aromatic rings. The molecule has 0 spiro atoms. The molecule has 1 aliphatic heterocycles. The third kappa shape index (κ3) is 8.00. The molecule has 0 aromatic heterocycles. The van der Waals surface area contributed by atoms with Gasteiger partial charge in [-0.3, -0.25) is 9.89 Å². The monoisotopic (exact) mass is 527 g/mol. The fourth-order valence-corrected chi connectivity index (χ4v) is 4.58. The van der Waals surface area contributed by atoms with Crippen molar-refractivity contribution in [1.82, 2.24) is 20.4 Å². The minimum absolute atomic E-state index is 0. The van der Waals surface area contributed by atoms with Crippen LogP contribution in [0.5, 0.6) is 0 Å². The first-order chi connectivity index (χ1) is 14.2. The zero-order valence-electron chi connectivity index (χ0n) is 19.1. The van der Waals surface area contributed by atoms with Crippen molar-refractivity contribution in [3.63, 3.8) is 0 Å². The van der Waals surface area contributed by atoms with Gasteiger partial charge in [-0.15, -0.1) is 24.0 Å². The molecule has 170 valence electrons. The second kappa shape index (κ2) is 13.5. The summed E-state index contributed by atoms with van der Waals surface area (Å²) in [6, 6.07) is 12.5. The maximum absolute atomic E-state index is 4.91. The molecule has 1 aliphatic carbocycles. The molecule has 0 bridgehead atoms. The van der Waals surface area contributed by atoms with Crippen molar-refractivity contribution in [3.05, 3.63) is 35.9 Å². The highest BCUT2D eigenvalue weighted by Crippen LogP contribution is 2.26. The number of nitrogens with zero attached hydrogens (tertiary/aromatic N) is 3. The molecular weight excluding hydrogens is 485 g/mol. The summed E-state index contributed by atoms with van der Waals surface area (Å²) < 4.78 is 0. The van der Waals surface area contributed by atoms with E-state index in [1.165, 1.54) is 57.2 Å². The van der Waals surface area contributed by atoms with Crippen LogP contribution in [0.2, 0.25) is 0 Å². The minimum atomic E-state index is 0. The molecule has 2 N–H and O–H groups in total. The number of aliphatic imine (C=N–C) groups is 1. The van der Waals surface area contributed by atoms with Crippen LogP contribution in [0.25, 0.3) is 0 Å². The van der Waals surface area contributed by atoms with Crippen molar-refractivity contribution in [3.8, 4) is 0 Å². The van der Waals surface area contributed by atoms with Crippen LogP contribution < -0.4 is 10.6 Å². The first kappa shape index (κ1) is 25.4. The molecule has 1 unspecified atom stereocenters. The molecule has 1 saturated carbocycles. The van der Waals surface area contributed by atoms with Crippen molar-refractivity contribution in [2.75, 3.05) is 33.2 Å². The number of likely N-dealkylation sites (N-methyl/N-ethyl adjacent to an activating group) is 1. The third-order valence-corrected chi connectivity index (χ3v) is 6.60. The molecular formula is C24H42IN5. The average molecular weight is 528 g/mol. The summed E-state index contributed by atoms with van der Waals surface area (Å²) >= 11 is 0. The van der Waals surface area contributed by atoms with Gasteiger partial charge in [0.05, 0.1) is 6.54 Å². The summed E-state index contributed by atoms with van der Waals surface area (Å²) in [5, 5.41) is 7.15. The number of hydrogen-bond donors (Lipinski definition) is 2. The van der Waals surface area contributed by atoms with Crippen LogP contribution in [-0.4, -0.2) is 67.1 Å². The molecule has 2 aliphatic rings. The first-order valence-electron chi connectivity index (χ1n) is 11.7. The lowest BCUT2D eigenvalue weighted by molar-refractivity contribution is 0.150. The fourth-order valence-electron chi connectivity index (χ4n) is 4.58. The van der Waals surface area contributed by atoms with Crippen LogP contribution in [0.1, 0.15) is 57.9 Å². The lowest BCUT2D eigenvalue weighted by Crippen LogP contribution is -2.50. The van der Waals surface area contributed by atoms with Crippen molar-refractivity contribution in [1.29, 1.82) is 0 Å². The van der Waals surface area contributed by atoms with Gasteiger partial charge in [-0.25, -0.2) is 0 Å². The van der Waals surface area contributed by atoms with Gasteiger partial charge in [-0.1, -0.05) is 43.2 Å².